The van der Waals surface area contributed by atoms with Gasteiger partial charge in [-0.1, -0.05) is 0 Å². The van der Waals surface area contributed by atoms with Gasteiger partial charge in [0, 0.05) is 32.8 Å². The molecule has 6 nitrogen and oxygen atoms in total. The zero-order chi connectivity index (χ0) is 12.3. The summed E-state index contributed by atoms with van der Waals surface area (Å²) in [5.41, 5.74) is 0. The van der Waals surface area contributed by atoms with Gasteiger partial charge in [0.1, 0.15) is 6.04 Å². The van der Waals surface area contributed by atoms with E-state index >= 15 is 0 Å². The van der Waals surface area contributed by atoms with Crippen molar-refractivity contribution in [1.82, 2.24) is 9.62 Å². The Bertz CT molecular complexity index is 398. The molecule has 2 heterocycles. The Kier molecular flexibility index (Phi) is 3.99. The summed E-state index contributed by atoms with van der Waals surface area (Å²) < 4.78 is 31.3. The Balaban J connectivity index is 2.15. The molecule has 17 heavy (non-hydrogen) atoms. The minimum atomic E-state index is -3.36. The number of hydrogen-bond acceptors (Lipinski definition) is 5. The molecule has 1 N–H and O–H groups in total. The van der Waals surface area contributed by atoms with Crippen LogP contribution in [0.1, 0.15) is 12.8 Å². The molecular weight excluding hydrogens is 242 g/mol. The predicted molar refractivity (Wildman–Crippen MR) is 61.7 cm³/mol. The first-order chi connectivity index (χ1) is 8.16. The van der Waals surface area contributed by atoms with Crippen molar-refractivity contribution in [2.24, 2.45) is 0 Å². The van der Waals surface area contributed by atoms with E-state index in [0.717, 1.165) is 0 Å². The van der Waals surface area contributed by atoms with Gasteiger partial charge in [0.15, 0.2) is 0 Å². The lowest BCUT2D eigenvalue weighted by atomic mass is 10.2. The highest BCUT2D eigenvalue weighted by molar-refractivity contribution is 7.89. The fraction of sp³-hybridized carbons (Fsp3) is 0.900. The van der Waals surface area contributed by atoms with Gasteiger partial charge in [0.2, 0.25) is 10.0 Å². The van der Waals surface area contributed by atoms with Crippen LogP contribution in [0.3, 0.4) is 0 Å². The lowest BCUT2D eigenvalue weighted by molar-refractivity contribution is 0.0968. The van der Waals surface area contributed by atoms with Gasteiger partial charge in [-0.15, -0.1) is 0 Å². The second-order valence-corrected chi connectivity index (χ2v) is 6.48. The highest BCUT2D eigenvalue weighted by Crippen LogP contribution is 2.22. The zero-order valence-electron chi connectivity index (χ0n) is 9.63. The minimum Gasteiger partial charge on any atom is -0.381 e. The summed E-state index contributed by atoms with van der Waals surface area (Å²) in [6, 6.07) is 1.48. The molecule has 7 heteroatoms. The van der Waals surface area contributed by atoms with Gasteiger partial charge >= 0.3 is 0 Å². The molecule has 2 fully saturated rings. The van der Waals surface area contributed by atoms with Crippen molar-refractivity contribution in [2.45, 2.75) is 24.1 Å². The maximum Gasteiger partial charge on any atom is 0.218 e. The Labute approximate surface area is 102 Å². The van der Waals surface area contributed by atoms with Gasteiger partial charge in [0.05, 0.1) is 11.3 Å². The molecule has 0 aromatic carbocycles. The number of ether oxygens (including phenoxy) is 1. The van der Waals surface area contributed by atoms with Gasteiger partial charge in [-0.2, -0.15) is 9.57 Å². The van der Waals surface area contributed by atoms with E-state index in [1.54, 1.807) is 0 Å². The van der Waals surface area contributed by atoms with Crippen molar-refractivity contribution >= 4 is 10.0 Å². The van der Waals surface area contributed by atoms with Gasteiger partial charge < -0.3 is 10.1 Å². The first-order valence-corrected chi connectivity index (χ1v) is 7.35. The average molecular weight is 259 g/mol. The zero-order valence-corrected chi connectivity index (χ0v) is 10.4. The molecule has 2 rings (SSSR count). The van der Waals surface area contributed by atoms with Crippen LogP contribution in [-0.4, -0.2) is 56.9 Å². The van der Waals surface area contributed by atoms with Crippen molar-refractivity contribution in [1.29, 1.82) is 5.26 Å². The molecule has 0 aliphatic carbocycles. The molecule has 0 saturated carbocycles. The summed E-state index contributed by atoms with van der Waals surface area (Å²) in [5, 5.41) is 11.7. The number of rotatable bonds is 2. The maximum atomic E-state index is 12.4. The summed E-state index contributed by atoms with van der Waals surface area (Å²) in [5.74, 6) is 0. The van der Waals surface area contributed by atoms with Crippen molar-refractivity contribution in [3.05, 3.63) is 0 Å². The lowest BCUT2D eigenvalue weighted by Gasteiger charge is -2.35. The monoisotopic (exact) mass is 259 g/mol. The van der Waals surface area contributed by atoms with Crippen molar-refractivity contribution in [2.75, 3.05) is 32.8 Å². The summed E-state index contributed by atoms with van der Waals surface area (Å²) in [4.78, 5) is 0. The molecule has 2 saturated heterocycles. The highest BCUT2D eigenvalue weighted by atomic mass is 32.2. The number of nitrogens with one attached hydrogen (secondary N) is 1. The highest BCUT2D eigenvalue weighted by Gasteiger charge is 2.38. The molecule has 96 valence electrons. The number of piperazine rings is 1. The third-order valence-electron chi connectivity index (χ3n) is 3.26. The van der Waals surface area contributed by atoms with Gasteiger partial charge in [-0.25, -0.2) is 8.42 Å². The van der Waals surface area contributed by atoms with Crippen LogP contribution < -0.4 is 5.32 Å². The molecule has 2 aliphatic rings. The Hall–Kier alpha value is -0.680. The molecule has 0 bridgehead atoms. The minimum absolute atomic E-state index is 0.384. The quantitative estimate of drug-likeness (QED) is 0.708. The summed E-state index contributed by atoms with van der Waals surface area (Å²) in [7, 11) is -3.36. The molecule has 0 radical (unpaired) electrons. The van der Waals surface area contributed by atoms with Crippen LogP contribution in [0, 0.1) is 11.3 Å². The van der Waals surface area contributed by atoms with E-state index in [9.17, 15) is 8.42 Å². The Morgan fingerprint density at radius 3 is 2.71 bits per heavy atom. The van der Waals surface area contributed by atoms with Gasteiger partial charge in [-0.05, 0) is 12.8 Å². The normalized spacial score (nSPS) is 28.8. The van der Waals surface area contributed by atoms with Crippen molar-refractivity contribution in [3.8, 4) is 6.07 Å². The van der Waals surface area contributed by atoms with Crippen molar-refractivity contribution in [3.63, 3.8) is 0 Å². The fourth-order valence-electron chi connectivity index (χ4n) is 2.27. The van der Waals surface area contributed by atoms with E-state index in [0.29, 0.717) is 45.7 Å². The second-order valence-electron chi connectivity index (χ2n) is 4.32. The first kappa shape index (κ1) is 12.8. The molecule has 0 spiro atoms. The van der Waals surface area contributed by atoms with Crippen LogP contribution in [0.2, 0.25) is 0 Å². The second kappa shape index (κ2) is 5.31. The lowest BCUT2D eigenvalue weighted by Crippen LogP contribution is -2.55. The summed E-state index contributed by atoms with van der Waals surface area (Å²) in [6.45, 7) is 2.40. The van der Waals surface area contributed by atoms with E-state index in [1.807, 2.05) is 0 Å². The van der Waals surface area contributed by atoms with Crippen LogP contribution >= 0.6 is 0 Å². The third-order valence-corrected chi connectivity index (χ3v) is 5.66. The molecular formula is C10H17N3O3S. The van der Waals surface area contributed by atoms with E-state index in [4.69, 9.17) is 10.00 Å². The molecule has 2 aliphatic heterocycles. The standard InChI is InChI=1S/C10H17N3O3S/c11-7-9-8-12-3-4-13(9)17(14,15)10-1-5-16-6-2-10/h9-10,12H,1-6,8H2. The number of nitrogens with zero attached hydrogens (tertiary/aromatic N) is 2. The molecule has 1 unspecified atom stereocenters. The number of sulfonamides is 1. The Morgan fingerprint density at radius 2 is 2.06 bits per heavy atom. The van der Waals surface area contributed by atoms with Crippen LogP contribution in [0.5, 0.6) is 0 Å². The third kappa shape index (κ3) is 2.60. The van der Waals surface area contributed by atoms with E-state index in [1.165, 1.54) is 4.31 Å². The molecule has 1 atom stereocenters. The van der Waals surface area contributed by atoms with E-state index in [-0.39, 0.29) is 5.25 Å². The van der Waals surface area contributed by atoms with Gasteiger partial charge in [0.25, 0.3) is 0 Å². The van der Waals surface area contributed by atoms with Crippen LogP contribution in [0.15, 0.2) is 0 Å². The molecule has 0 aromatic rings. The molecule has 0 aromatic heterocycles. The smallest absolute Gasteiger partial charge is 0.218 e. The number of hydrogen-bond donors (Lipinski definition) is 1. The van der Waals surface area contributed by atoms with Gasteiger partial charge in [-0.3, -0.25) is 0 Å². The topological polar surface area (TPSA) is 82.4 Å². The maximum absolute atomic E-state index is 12.4. The predicted octanol–water partition coefficient (Wildman–Crippen LogP) is -0.707. The first-order valence-electron chi connectivity index (χ1n) is 5.85. The van der Waals surface area contributed by atoms with E-state index in [2.05, 4.69) is 11.4 Å². The molecule has 0 amide bonds. The summed E-state index contributed by atoms with van der Waals surface area (Å²) >= 11 is 0. The largest absolute Gasteiger partial charge is 0.381 e. The van der Waals surface area contributed by atoms with Crippen LogP contribution in [0.25, 0.3) is 0 Å². The SMILES string of the molecule is N#CC1CNCCN1S(=O)(=O)C1CCOCC1. The average Bonchev–Trinajstić information content (AvgIpc) is 2.39. The van der Waals surface area contributed by atoms with E-state index < -0.39 is 16.1 Å². The number of nitriles is 1. The summed E-state index contributed by atoms with van der Waals surface area (Å²) in [6.07, 6.45) is 1.06. The van der Waals surface area contributed by atoms with Crippen LogP contribution in [-0.2, 0) is 14.8 Å². The fourth-order valence-corrected chi connectivity index (χ4v) is 4.26. The Morgan fingerprint density at radius 1 is 1.35 bits per heavy atom. The van der Waals surface area contributed by atoms with Crippen molar-refractivity contribution < 1.29 is 13.2 Å². The van der Waals surface area contributed by atoms with Crippen LogP contribution in [0.4, 0.5) is 0 Å².